The van der Waals surface area contributed by atoms with Crippen molar-refractivity contribution in [2.45, 2.75) is 19.6 Å². The van der Waals surface area contributed by atoms with Gasteiger partial charge in [0.1, 0.15) is 18.2 Å². The fourth-order valence-corrected chi connectivity index (χ4v) is 3.51. The summed E-state index contributed by atoms with van der Waals surface area (Å²) < 4.78 is 13.6. The maximum Gasteiger partial charge on any atom is 0.148 e. The van der Waals surface area contributed by atoms with Gasteiger partial charge in [-0.05, 0) is 36.1 Å². The minimum absolute atomic E-state index is 0.396. The molecule has 3 aromatic carbocycles. The lowest BCUT2D eigenvalue weighted by molar-refractivity contribution is 0.189. The first kappa shape index (κ1) is 17.8. The Kier molecular flexibility index (Phi) is 5.28. The number of fused-ring (bicyclic) bond motifs is 2. The van der Waals surface area contributed by atoms with Gasteiger partial charge < -0.3 is 14.0 Å². The van der Waals surface area contributed by atoms with Gasteiger partial charge in [0.05, 0.1) is 11.0 Å². The number of ether oxygens (including phenoxy) is 2. The van der Waals surface area contributed by atoms with Crippen molar-refractivity contribution in [2.75, 3.05) is 13.7 Å². The van der Waals surface area contributed by atoms with Gasteiger partial charge in [-0.1, -0.05) is 48.0 Å². The molecule has 5 heteroatoms. The van der Waals surface area contributed by atoms with Crippen LogP contribution in [0.5, 0.6) is 5.75 Å². The Labute approximate surface area is 163 Å². The third-order valence-corrected chi connectivity index (χ3v) is 4.86. The van der Waals surface area contributed by atoms with Gasteiger partial charge in [-0.3, -0.25) is 0 Å². The van der Waals surface area contributed by atoms with Gasteiger partial charge in [0.15, 0.2) is 0 Å². The summed E-state index contributed by atoms with van der Waals surface area (Å²) in [5, 5.41) is 2.95. The lowest BCUT2D eigenvalue weighted by Gasteiger charge is -2.12. The maximum atomic E-state index is 6.16. The molecule has 4 rings (SSSR count). The first-order valence-electron chi connectivity index (χ1n) is 9.00. The highest BCUT2D eigenvalue weighted by Gasteiger charge is 2.12. The molecular formula is C22H21ClN2O2. The van der Waals surface area contributed by atoms with Crippen LogP contribution >= 0.6 is 11.6 Å². The third-order valence-electron chi connectivity index (χ3n) is 4.63. The normalized spacial score (nSPS) is 11.3. The summed E-state index contributed by atoms with van der Waals surface area (Å²) in [6.45, 7) is 1.92. The van der Waals surface area contributed by atoms with Crippen molar-refractivity contribution < 1.29 is 9.47 Å². The summed E-state index contributed by atoms with van der Waals surface area (Å²) in [6.07, 6.45) is 0.909. The van der Waals surface area contributed by atoms with Crippen molar-refractivity contribution in [1.29, 1.82) is 0 Å². The van der Waals surface area contributed by atoms with E-state index >= 15 is 0 Å². The fraction of sp³-hybridized carbons (Fsp3) is 0.227. The molecule has 138 valence electrons. The molecule has 0 amide bonds. The number of imidazole rings is 1. The second-order valence-corrected chi connectivity index (χ2v) is 6.86. The first-order valence-corrected chi connectivity index (χ1v) is 9.38. The molecular weight excluding hydrogens is 360 g/mol. The predicted octanol–water partition coefficient (Wildman–Crippen LogP) is 5.46. The van der Waals surface area contributed by atoms with Gasteiger partial charge in [-0.15, -0.1) is 0 Å². The standard InChI is InChI=1S/C22H21ClN2O2/c1-26-13-5-12-25-20-11-10-17(23)14-19(20)24-22(25)15-27-21-9-4-7-16-6-2-3-8-18(16)21/h2-4,6-11,14H,5,12-13,15H2,1H3. The summed E-state index contributed by atoms with van der Waals surface area (Å²) in [5.41, 5.74) is 1.95. The number of aryl methyl sites for hydroxylation is 1. The van der Waals surface area contributed by atoms with E-state index < -0.39 is 0 Å². The van der Waals surface area contributed by atoms with Gasteiger partial charge in [-0.25, -0.2) is 4.98 Å². The van der Waals surface area contributed by atoms with E-state index in [2.05, 4.69) is 22.8 Å². The Morgan fingerprint density at radius 2 is 1.89 bits per heavy atom. The van der Waals surface area contributed by atoms with Crippen molar-refractivity contribution in [3.05, 3.63) is 71.5 Å². The zero-order chi connectivity index (χ0) is 18.6. The SMILES string of the molecule is COCCCn1c(COc2cccc3ccccc23)nc2cc(Cl)ccc21. The van der Waals surface area contributed by atoms with Crippen LogP contribution in [0, 0.1) is 0 Å². The van der Waals surface area contributed by atoms with E-state index in [1.54, 1.807) is 7.11 Å². The molecule has 0 unspecified atom stereocenters. The van der Waals surface area contributed by atoms with E-state index in [0.717, 1.165) is 46.3 Å². The molecule has 4 aromatic rings. The molecule has 0 fully saturated rings. The van der Waals surface area contributed by atoms with E-state index in [4.69, 9.17) is 26.1 Å². The Hall–Kier alpha value is -2.56. The van der Waals surface area contributed by atoms with Crippen molar-refractivity contribution in [2.24, 2.45) is 0 Å². The summed E-state index contributed by atoms with van der Waals surface area (Å²) in [5.74, 6) is 1.75. The predicted molar refractivity (Wildman–Crippen MR) is 110 cm³/mol. The molecule has 0 aliphatic rings. The number of hydrogen-bond donors (Lipinski definition) is 0. The van der Waals surface area contributed by atoms with Crippen LogP contribution < -0.4 is 4.74 Å². The molecule has 4 nitrogen and oxygen atoms in total. The fourth-order valence-electron chi connectivity index (χ4n) is 3.34. The minimum atomic E-state index is 0.396. The first-order chi connectivity index (χ1) is 13.3. The van der Waals surface area contributed by atoms with Crippen molar-refractivity contribution in [3.63, 3.8) is 0 Å². The summed E-state index contributed by atoms with van der Waals surface area (Å²) >= 11 is 6.14. The molecule has 0 aliphatic carbocycles. The van der Waals surface area contributed by atoms with Gasteiger partial charge in [-0.2, -0.15) is 0 Å². The lowest BCUT2D eigenvalue weighted by Crippen LogP contribution is -2.09. The van der Waals surface area contributed by atoms with E-state index in [0.29, 0.717) is 18.2 Å². The van der Waals surface area contributed by atoms with Crippen molar-refractivity contribution >= 4 is 33.4 Å². The highest BCUT2D eigenvalue weighted by Crippen LogP contribution is 2.27. The second kappa shape index (κ2) is 7.99. The number of benzene rings is 3. The molecule has 0 saturated carbocycles. The van der Waals surface area contributed by atoms with E-state index in [1.165, 1.54) is 0 Å². The Bertz CT molecular complexity index is 1070. The summed E-state index contributed by atoms with van der Waals surface area (Å²) in [4.78, 5) is 4.76. The lowest BCUT2D eigenvalue weighted by atomic mass is 10.1. The molecule has 0 N–H and O–H groups in total. The van der Waals surface area contributed by atoms with E-state index in [9.17, 15) is 0 Å². The third kappa shape index (κ3) is 3.77. The second-order valence-electron chi connectivity index (χ2n) is 6.43. The number of rotatable bonds is 7. The van der Waals surface area contributed by atoms with Crippen LogP contribution in [0.4, 0.5) is 0 Å². The summed E-state index contributed by atoms with van der Waals surface area (Å²) in [6, 6.07) is 20.1. The average Bonchev–Trinajstić information content (AvgIpc) is 3.03. The van der Waals surface area contributed by atoms with E-state index in [-0.39, 0.29) is 0 Å². The number of aromatic nitrogens is 2. The summed E-state index contributed by atoms with van der Waals surface area (Å²) in [7, 11) is 1.72. The average molecular weight is 381 g/mol. The highest BCUT2D eigenvalue weighted by molar-refractivity contribution is 6.31. The van der Waals surface area contributed by atoms with Crippen molar-refractivity contribution in [3.8, 4) is 5.75 Å². The largest absolute Gasteiger partial charge is 0.485 e. The number of hydrogen-bond acceptors (Lipinski definition) is 3. The van der Waals surface area contributed by atoms with Crippen LogP contribution in [0.1, 0.15) is 12.2 Å². The molecule has 0 atom stereocenters. The number of methoxy groups -OCH3 is 1. The van der Waals surface area contributed by atoms with Crippen LogP contribution in [-0.4, -0.2) is 23.3 Å². The van der Waals surface area contributed by atoms with Gasteiger partial charge in [0.2, 0.25) is 0 Å². The number of nitrogens with zero attached hydrogens (tertiary/aromatic N) is 2. The monoisotopic (exact) mass is 380 g/mol. The Morgan fingerprint density at radius 3 is 2.78 bits per heavy atom. The van der Waals surface area contributed by atoms with Crippen LogP contribution in [0.25, 0.3) is 21.8 Å². The molecule has 0 radical (unpaired) electrons. The Morgan fingerprint density at radius 1 is 1.04 bits per heavy atom. The zero-order valence-electron chi connectivity index (χ0n) is 15.2. The Balaban J connectivity index is 1.65. The van der Waals surface area contributed by atoms with Crippen LogP contribution in [0.2, 0.25) is 5.02 Å². The molecule has 1 heterocycles. The molecule has 0 spiro atoms. The molecule has 27 heavy (non-hydrogen) atoms. The molecule has 0 saturated heterocycles. The van der Waals surface area contributed by atoms with Crippen LogP contribution in [0.3, 0.4) is 0 Å². The van der Waals surface area contributed by atoms with E-state index in [1.807, 2.05) is 42.5 Å². The molecule has 0 aliphatic heterocycles. The van der Waals surface area contributed by atoms with Gasteiger partial charge in [0.25, 0.3) is 0 Å². The van der Waals surface area contributed by atoms with Gasteiger partial charge >= 0.3 is 0 Å². The topological polar surface area (TPSA) is 36.3 Å². The molecule has 1 aromatic heterocycles. The van der Waals surface area contributed by atoms with Crippen LogP contribution in [0.15, 0.2) is 60.7 Å². The van der Waals surface area contributed by atoms with Gasteiger partial charge in [0, 0.05) is 30.7 Å². The van der Waals surface area contributed by atoms with Crippen LogP contribution in [-0.2, 0) is 17.9 Å². The highest BCUT2D eigenvalue weighted by atomic mass is 35.5. The number of halogens is 1. The minimum Gasteiger partial charge on any atom is -0.485 e. The smallest absolute Gasteiger partial charge is 0.148 e. The van der Waals surface area contributed by atoms with Crippen molar-refractivity contribution in [1.82, 2.24) is 9.55 Å². The zero-order valence-corrected chi connectivity index (χ0v) is 15.9. The molecule has 0 bridgehead atoms. The quantitative estimate of drug-likeness (QED) is 0.399. The maximum absolute atomic E-state index is 6.16.